The maximum absolute atomic E-state index is 12.7. The van der Waals surface area contributed by atoms with Crippen LogP contribution in [0.4, 0.5) is 4.79 Å². The van der Waals surface area contributed by atoms with E-state index in [2.05, 4.69) is 22.5 Å². The molecular formula is C27H29N5O5. The van der Waals surface area contributed by atoms with Crippen LogP contribution in [0.5, 0.6) is 5.75 Å². The van der Waals surface area contributed by atoms with Crippen LogP contribution >= 0.6 is 0 Å². The van der Waals surface area contributed by atoms with E-state index in [1.807, 2.05) is 11.0 Å². The van der Waals surface area contributed by atoms with Gasteiger partial charge in [-0.3, -0.25) is 20.3 Å². The summed E-state index contributed by atoms with van der Waals surface area (Å²) in [5.41, 5.74) is 2.93. The van der Waals surface area contributed by atoms with Gasteiger partial charge in [0.1, 0.15) is 11.6 Å². The average molecular weight is 504 g/mol. The molecule has 1 saturated heterocycles. The zero-order valence-electron chi connectivity index (χ0n) is 20.6. The number of carbonyl (C=O) groups excluding carboxylic acids is 3. The summed E-state index contributed by atoms with van der Waals surface area (Å²) in [6, 6.07) is 11.7. The highest BCUT2D eigenvalue weighted by Crippen LogP contribution is 2.23. The minimum absolute atomic E-state index is 0.0980. The normalized spacial score (nSPS) is 14.7. The largest absolute Gasteiger partial charge is 0.497 e. The number of amides is 4. The Bertz CT molecular complexity index is 1240. The van der Waals surface area contributed by atoms with Gasteiger partial charge in [0.2, 0.25) is 0 Å². The van der Waals surface area contributed by atoms with Gasteiger partial charge < -0.3 is 24.6 Å². The summed E-state index contributed by atoms with van der Waals surface area (Å²) < 4.78 is 10.5. The zero-order valence-corrected chi connectivity index (χ0v) is 20.6. The number of carbonyl (C=O) groups is 3. The number of benzene rings is 2. The third-order valence-corrected chi connectivity index (χ3v) is 6.18. The molecule has 10 nitrogen and oxygen atoms in total. The molecule has 4 rings (SSSR count). The van der Waals surface area contributed by atoms with Crippen molar-refractivity contribution >= 4 is 23.7 Å². The van der Waals surface area contributed by atoms with Gasteiger partial charge in [0, 0.05) is 55.3 Å². The lowest BCUT2D eigenvalue weighted by molar-refractivity contribution is -0.114. The quantitative estimate of drug-likeness (QED) is 0.320. The van der Waals surface area contributed by atoms with E-state index in [9.17, 15) is 14.4 Å². The molecule has 0 bridgehead atoms. The lowest BCUT2D eigenvalue weighted by Gasteiger charge is -2.29. The molecule has 2 aromatic rings. The first-order valence-corrected chi connectivity index (χ1v) is 12.0. The summed E-state index contributed by atoms with van der Waals surface area (Å²) in [6.45, 7) is 3.63. The summed E-state index contributed by atoms with van der Waals surface area (Å²) in [4.78, 5) is 40.4. The van der Waals surface area contributed by atoms with E-state index in [1.165, 1.54) is 0 Å². The molecule has 1 fully saturated rings. The summed E-state index contributed by atoms with van der Waals surface area (Å²) >= 11 is 0. The fourth-order valence-corrected chi connectivity index (χ4v) is 4.15. The number of hydrogen-bond acceptors (Lipinski definition) is 6. The third kappa shape index (κ3) is 6.65. The van der Waals surface area contributed by atoms with E-state index in [0.29, 0.717) is 68.5 Å². The lowest BCUT2D eigenvalue weighted by atomic mass is 9.98. The van der Waals surface area contributed by atoms with Crippen LogP contribution in [0, 0.1) is 17.3 Å². The van der Waals surface area contributed by atoms with Crippen LogP contribution < -0.4 is 15.4 Å². The van der Waals surface area contributed by atoms with Gasteiger partial charge in [-0.05, 0) is 42.3 Å². The number of hydrogen-bond donors (Lipinski definition) is 3. The van der Waals surface area contributed by atoms with Gasteiger partial charge in [0.15, 0.2) is 0 Å². The maximum atomic E-state index is 12.7. The second kappa shape index (κ2) is 12.1. The van der Waals surface area contributed by atoms with Gasteiger partial charge in [-0.15, -0.1) is 0 Å². The molecule has 10 heteroatoms. The van der Waals surface area contributed by atoms with Crippen molar-refractivity contribution in [1.29, 1.82) is 5.41 Å². The molecule has 0 saturated carbocycles. The summed E-state index contributed by atoms with van der Waals surface area (Å²) in [6.07, 6.45) is 0.702. The number of urea groups is 1. The number of rotatable bonds is 5. The Morgan fingerprint density at radius 2 is 1.86 bits per heavy atom. The van der Waals surface area contributed by atoms with Crippen LogP contribution in [-0.4, -0.2) is 86.5 Å². The predicted molar refractivity (Wildman–Crippen MR) is 137 cm³/mol. The van der Waals surface area contributed by atoms with Crippen molar-refractivity contribution in [2.75, 3.05) is 53.0 Å². The Balaban J connectivity index is 1.21. The van der Waals surface area contributed by atoms with Crippen LogP contribution in [0.25, 0.3) is 0 Å². The van der Waals surface area contributed by atoms with Crippen molar-refractivity contribution in [2.45, 2.75) is 6.42 Å². The van der Waals surface area contributed by atoms with E-state index in [4.69, 9.17) is 14.9 Å². The Hall–Kier alpha value is -4.36. The van der Waals surface area contributed by atoms with Gasteiger partial charge in [-0.1, -0.05) is 18.1 Å². The number of nitrogens with one attached hydrogen (secondary N) is 3. The second-order valence-corrected chi connectivity index (χ2v) is 8.55. The van der Waals surface area contributed by atoms with Crippen LogP contribution in [0.15, 0.2) is 42.5 Å². The molecule has 2 aromatic carbocycles. The number of morpholine rings is 1. The second-order valence-electron chi connectivity index (χ2n) is 8.55. The highest BCUT2D eigenvalue weighted by Gasteiger charge is 2.24. The summed E-state index contributed by atoms with van der Waals surface area (Å²) in [5, 5.41) is 13.1. The number of imide groups is 1. The summed E-state index contributed by atoms with van der Waals surface area (Å²) in [5.74, 6) is 5.42. The first-order valence-electron chi connectivity index (χ1n) is 12.0. The fraction of sp³-hybridized carbons (Fsp3) is 0.333. The van der Waals surface area contributed by atoms with Crippen molar-refractivity contribution < 1.29 is 23.9 Å². The Labute approximate surface area is 215 Å². The first-order chi connectivity index (χ1) is 17.9. The van der Waals surface area contributed by atoms with Crippen LogP contribution in [0.1, 0.15) is 27.0 Å². The van der Waals surface area contributed by atoms with Crippen LogP contribution in [-0.2, 0) is 16.0 Å². The molecule has 0 spiro atoms. The lowest BCUT2D eigenvalue weighted by Crippen LogP contribution is -2.45. The van der Waals surface area contributed by atoms with E-state index in [1.54, 1.807) is 48.4 Å². The third-order valence-electron chi connectivity index (χ3n) is 6.18. The first kappa shape index (κ1) is 25.7. The van der Waals surface area contributed by atoms with Crippen LogP contribution in [0.3, 0.4) is 0 Å². The Morgan fingerprint density at radius 1 is 1.11 bits per heavy atom. The van der Waals surface area contributed by atoms with Crippen molar-refractivity contribution in [1.82, 2.24) is 20.4 Å². The van der Waals surface area contributed by atoms with Gasteiger partial charge in [-0.2, -0.15) is 0 Å². The minimum Gasteiger partial charge on any atom is -0.497 e. The number of amidine groups is 1. The molecule has 0 aliphatic carbocycles. The number of ether oxygens (including phenoxy) is 2. The van der Waals surface area contributed by atoms with Crippen molar-refractivity contribution in [3.05, 3.63) is 64.7 Å². The van der Waals surface area contributed by atoms with Crippen LogP contribution in [0.2, 0.25) is 0 Å². The standard InChI is InChI=1S/C27H29N5O5/c1-36-22-7-8-23-21(18-22)10-12-32(26(23)34)13-11-29-27(35)30-24(33)9-4-19-2-5-20(6-3-19)25(28)31-14-16-37-17-15-31/h2-3,5-8,18,28H,10-17H2,1H3,(H2,29,30,33,35). The van der Waals surface area contributed by atoms with Crippen molar-refractivity contribution in [3.8, 4) is 17.6 Å². The molecule has 0 aromatic heterocycles. The van der Waals surface area contributed by atoms with Gasteiger partial charge in [0.05, 0.1) is 20.3 Å². The monoisotopic (exact) mass is 503 g/mol. The molecule has 0 unspecified atom stereocenters. The topological polar surface area (TPSA) is 124 Å². The Kier molecular flexibility index (Phi) is 8.38. The number of fused-ring (bicyclic) bond motifs is 1. The molecule has 0 radical (unpaired) electrons. The summed E-state index contributed by atoms with van der Waals surface area (Å²) in [7, 11) is 1.59. The van der Waals surface area contributed by atoms with E-state index in [0.717, 1.165) is 11.1 Å². The van der Waals surface area contributed by atoms with Crippen molar-refractivity contribution in [2.24, 2.45) is 0 Å². The van der Waals surface area contributed by atoms with E-state index >= 15 is 0 Å². The number of nitrogens with zero attached hydrogens (tertiary/aromatic N) is 2. The highest BCUT2D eigenvalue weighted by atomic mass is 16.5. The predicted octanol–water partition coefficient (Wildman–Crippen LogP) is 1.23. The molecule has 0 atom stereocenters. The minimum atomic E-state index is -0.737. The zero-order chi connectivity index (χ0) is 26.2. The fourth-order valence-electron chi connectivity index (χ4n) is 4.15. The van der Waals surface area contributed by atoms with E-state index in [-0.39, 0.29) is 12.5 Å². The maximum Gasteiger partial charge on any atom is 0.322 e. The highest BCUT2D eigenvalue weighted by molar-refractivity contribution is 6.04. The van der Waals surface area contributed by atoms with Gasteiger partial charge >= 0.3 is 11.9 Å². The molecule has 37 heavy (non-hydrogen) atoms. The number of methoxy groups -OCH3 is 1. The molecule has 3 N–H and O–H groups in total. The smallest absolute Gasteiger partial charge is 0.322 e. The molecular weight excluding hydrogens is 474 g/mol. The molecule has 192 valence electrons. The van der Waals surface area contributed by atoms with Crippen molar-refractivity contribution in [3.63, 3.8) is 0 Å². The SMILES string of the molecule is COc1ccc2c(c1)CCN(CCNC(=O)NC(=O)C#Cc1ccc(C(=N)N3CCOCC3)cc1)C2=O. The molecule has 2 aliphatic heterocycles. The molecule has 4 amide bonds. The Morgan fingerprint density at radius 3 is 2.59 bits per heavy atom. The van der Waals surface area contributed by atoms with E-state index < -0.39 is 11.9 Å². The van der Waals surface area contributed by atoms with Gasteiger partial charge in [-0.25, -0.2) is 4.79 Å². The molecule has 2 heterocycles. The van der Waals surface area contributed by atoms with Gasteiger partial charge in [0.25, 0.3) is 5.91 Å². The average Bonchev–Trinajstić information content (AvgIpc) is 2.93. The molecule has 2 aliphatic rings.